The lowest BCUT2D eigenvalue weighted by Crippen LogP contribution is -2.13. The van der Waals surface area contributed by atoms with E-state index < -0.39 is 0 Å². The fourth-order valence-corrected chi connectivity index (χ4v) is 2.66. The molecule has 0 aromatic heterocycles. The summed E-state index contributed by atoms with van der Waals surface area (Å²) in [6, 6.07) is 15.8. The van der Waals surface area contributed by atoms with Crippen molar-refractivity contribution < 1.29 is 23.7 Å². The summed E-state index contributed by atoms with van der Waals surface area (Å²) in [5.41, 5.74) is 2.05. The van der Waals surface area contributed by atoms with Crippen LogP contribution in [-0.2, 0) is 27.4 Å². The van der Waals surface area contributed by atoms with Gasteiger partial charge in [-0.25, -0.2) is 0 Å². The Kier molecular flexibility index (Phi) is 8.19. The van der Waals surface area contributed by atoms with Crippen LogP contribution in [0.2, 0.25) is 0 Å². The molecule has 27 heavy (non-hydrogen) atoms. The van der Waals surface area contributed by atoms with E-state index in [0.29, 0.717) is 52.9 Å². The summed E-state index contributed by atoms with van der Waals surface area (Å²) in [4.78, 5) is 0. The van der Waals surface area contributed by atoms with Crippen LogP contribution in [-0.4, -0.2) is 39.6 Å². The summed E-state index contributed by atoms with van der Waals surface area (Å²) >= 11 is 0. The van der Waals surface area contributed by atoms with E-state index in [1.807, 2.05) is 60.7 Å². The summed E-state index contributed by atoms with van der Waals surface area (Å²) in [7, 11) is 0. The third-order valence-corrected chi connectivity index (χ3v) is 4.03. The van der Waals surface area contributed by atoms with Gasteiger partial charge in [0.05, 0.1) is 39.6 Å². The maximum Gasteiger partial charge on any atom is 0.124 e. The Balaban J connectivity index is 1.58. The molecule has 0 N–H and O–H groups in total. The van der Waals surface area contributed by atoms with Crippen LogP contribution in [0.3, 0.4) is 0 Å². The maximum absolute atomic E-state index is 5.83. The number of hydrogen-bond donors (Lipinski definition) is 0. The highest BCUT2D eigenvalue weighted by Gasteiger charge is 2.05. The molecule has 0 bridgehead atoms. The molecule has 1 aliphatic heterocycles. The number of benzene rings is 2. The first-order valence-electron chi connectivity index (χ1n) is 9.23. The first kappa shape index (κ1) is 19.4. The molecule has 0 spiro atoms. The maximum atomic E-state index is 5.83. The third kappa shape index (κ3) is 6.71. The molecule has 5 heteroatoms. The summed E-state index contributed by atoms with van der Waals surface area (Å²) in [5, 5.41) is 0. The predicted molar refractivity (Wildman–Crippen MR) is 103 cm³/mol. The Bertz CT molecular complexity index is 654. The summed E-state index contributed by atoms with van der Waals surface area (Å²) < 4.78 is 28.7. The molecular weight excluding hydrogens is 344 g/mol. The van der Waals surface area contributed by atoms with Crippen LogP contribution in [0, 0.1) is 0 Å². The standard InChI is InChI=1S/C22H26O5/c1-3-9-21-19(7-1)17-24-11-5-6-12-25-18-20-8-2-4-10-22(20)27-16-14-23-13-15-26-21/h1-10H,11-18H2/b6-5+. The lowest BCUT2D eigenvalue weighted by atomic mass is 10.2. The zero-order valence-corrected chi connectivity index (χ0v) is 15.5. The van der Waals surface area contributed by atoms with Crippen molar-refractivity contribution >= 4 is 0 Å². The largest absolute Gasteiger partial charge is 0.491 e. The van der Waals surface area contributed by atoms with Crippen molar-refractivity contribution in [2.75, 3.05) is 39.6 Å². The van der Waals surface area contributed by atoms with Gasteiger partial charge >= 0.3 is 0 Å². The fraction of sp³-hybridized carbons (Fsp3) is 0.364. The molecule has 0 saturated carbocycles. The smallest absolute Gasteiger partial charge is 0.124 e. The van der Waals surface area contributed by atoms with Crippen LogP contribution in [0.4, 0.5) is 0 Å². The first-order chi connectivity index (χ1) is 13.4. The van der Waals surface area contributed by atoms with Crippen molar-refractivity contribution in [1.82, 2.24) is 0 Å². The van der Waals surface area contributed by atoms with E-state index in [1.165, 1.54) is 0 Å². The number of ether oxygens (including phenoxy) is 5. The highest BCUT2D eigenvalue weighted by molar-refractivity contribution is 5.33. The van der Waals surface area contributed by atoms with E-state index in [2.05, 4.69) is 0 Å². The van der Waals surface area contributed by atoms with E-state index in [9.17, 15) is 0 Å². The van der Waals surface area contributed by atoms with Gasteiger partial charge in [0.15, 0.2) is 0 Å². The second-order valence-electron chi connectivity index (χ2n) is 6.03. The number of fused-ring (bicyclic) bond motifs is 2. The second kappa shape index (κ2) is 11.4. The molecular formula is C22H26O5. The quantitative estimate of drug-likeness (QED) is 0.661. The van der Waals surface area contributed by atoms with Crippen molar-refractivity contribution in [3.05, 3.63) is 71.8 Å². The zero-order chi connectivity index (χ0) is 18.6. The van der Waals surface area contributed by atoms with E-state index in [-0.39, 0.29) is 0 Å². The molecule has 0 fully saturated rings. The molecule has 144 valence electrons. The minimum absolute atomic E-state index is 0.487. The third-order valence-electron chi connectivity index (χ3n) is 4.03. The molecule has 2 aromatic rings. The molecule has 0 radical (unpaired) electrons. The van der Waals surface area contributed by atoms with Gasteiger partial charge < -0.3 is 23.7 Å². The molecule has 1 heterocycles. The first-order valence-corrected chi connectivity index (χ1v) is 9.23. The van der Waals surface area contributed by atoms with Crippen LogP contribution < -0.4 is 9.47 Å². The van der Waals surface area contributed by atoms with Gasteiger partial charge in [-0.05, 0) is 12.1 Å². The summed E-state index contributed by atoms with van der Waals surface area (Å²) in [5.74, 6) is 1.66. The van der Waals surface area contributed by atoms with Crippen molar-refractivity contribution in [2.24, 2.45) is 0 Å². The lowest BCUT2D eigenvalue weighted by molar-refractivity contribution is 0.0742. The Morgan fingerprint density at radius 1 is 0.519 bits per heavy atom. The zero-order valence-electron chi connectivity index (χ0n) is 15.5. The van der Waals surface area contributed by atoms with Gasteiger partial charge in [-0.15, -0.1) is 0 Å². The average molecular weight is 370 g/mol. The van der Waals surface area contributed by atoms with Gasteiger partial charge in [-0.3, -0.25) is 0 Å². The SMILES string of the molecule is C1=C/COCc2ccccc2OCCOCCOc2ccccc2COC/1. The van der Waals surface area contributed by atoms with Crippen LogP contribution >= 0.6 is 0 Å². The Morgan fingerprint density at radius 3 is 1.52 bits per heavy atom. The molecule has 3 rings (SSSR count). The Hall–Kier alpha value is -2.34. The molecule has 1 aliphatic rings. The molecule has 0 atom stereocenters. The van der Waals surface area contributed by atoms with Crippen LogP contribution in [0.1, 0.15) is 11.1 Å². The van der Waals surface area contributed by atoms with Crippen molar-refractivity contribution in [3.8, 4) is 11.5 Å². The van der Waals surface area contributed by atoms with Gasteiger partial charge in [0.2, 0.25) is 0 Å². The monoisotopic (exact) mass is 370 g/mol. The Labute approximate surface area is 160 Å². The van der Waals surface area contributed by atoms with E-state index >= 15 is 0 Å². The number of para-hydroxylation sites is 2. The summed E-state index contributed by atoms with van der Waals surface area (Å²) in [6.45, 7) is 4.05. The highest BCUT2D eigenvalue weighted by Crippen LogP contribution is 2.20. The van der Waals surface area contributed by atoms with Crippen molar-refractivity contribution in [1.29, 1.82) is 0 Å². The van der Waals surface area contributed by atoms with Crippen molar-refractivity contribution in [3.63, 3.8) is 0 Å². The molecule has 0 aliphatic carbocycles. The van der Waals surface area contributed by atoms with E-state index in [0.717, 1.165) is 22.6 Å². The molecule has 0 saturated heterocycles. The predicted octanol–water partition coefficient (Wildman–Crippen LogP) is 3.76. The van der Waals surface area contributed by atoms with Crippen LogP contribution in [0.15, 0.2) is 60.7 Å². The summed E-state index contributed by atoms with van der Waals surface area (Å²) in [6.07, 6.45) is 3.93. The second-order valence-corrected chi connectivity index (χ2v) is 6.03. The van der Waals surface area contributed by atoms with Gasteiger partial charge in [0.1, 0.15) is 24.7 Å². The van der Waals surface area contributed by atoms with E-state index in [1.54, 1.807) is 0 Å². The number of rotatable bonds is 0. The average Bonchev–Trinajstić information content (AvgIpc) is 2.70. The highest BCUT2D eigenvalue weighted by atomic mass is 16.5. The van der Waals surface area contributed by atoms with Gasteiger partial charge in [0, 0.05) is 11.1 Å². The van der Waals surface area contributed by atoms with Gasteiger partial charge in [0.25, 0.3) is 0 Å². The minimum Gasteiger partial charge on any atom is -0.491 e. The lowest BCUT2D eigenvalue weighted by Gasteiger charge is -2.13. The van der Waals surface area contributed by atoms with Crippen LogP contribution in [0.5, 0.6) is 11.5 Å². The Morgan fingerprint density at radius 2 is 1.00 bits per heavy atom. The number of hydrogen-bond acceptors (Lipinski definition) is 5. The molecule has 2 aromatic carbocycles. The van der Waals surface area contributed by atoms with Gasteiger partial charge in [-0.1, -0.05) is 48.6 Å². The van der Waals surface area contributed by atoms with Crippen LogP contribution in [0.25, 0.3) is 0 Å². The normalized spacial score (nSPS) is 18.4. The van der Waals surface area contributed by atoms with Crippen molar-refractivity contribution in [2.45, 2.75) is 13.2 Å². The minimum atomic E-state index is 0.487. The molecule has 5 nitrogen and oxygen atoms in total. The molecule has 0 unspecified atom stereocenters. The van der Waals surface area contributed by atoms with E-state index in [4.69, 9.17) is 23.7 Å². The molecule has 0 amide bonds. The topological polar surface area (TPSA) is 46.2 Å². The fourth-order valence-electron chi connectivity index (χ4n) is 2.66. The van der Waals surface area contributed by atoms with Gasteiger partial charge in [-0.2, -0.15) is 0 Å².